The van der Waals surface area contributed by atoms with Gasteiger partial charge < -0.3 is 31.8 Å². The number of amides is 2. The summed E-state index contributed by atoms with van der Waals surface area (Å²) < 4.78 is 0. The number of nitrogens with zero attached hydrogens (tertiary/aromatic N) is 1. The monoisotopic (exact) mass is 536 g/mol. The third kappa shape index (κ3) is 10.2. The predicted octanol–water partition coefficient (Wildman–Crippen LogP) is 1.37. The van der Waals surface area contributed by atoms with Crippen molar-refractivity contribution < 1.29 is 24.3 Å². The van der Waals surface area contributed by atoms with Crippen LogP contribution in [0.25, 0.3) is 0 Å². The largest absolute Gasteiger partial charge is 0.480 e. The number of Topliss-reactive ketones (excluding diaryl/α,β-unsaturated/α-hetero) is 1. The van der Waals surface area contributed by atoms with Gasteiger partial charge in [0.25, 0.3) is 0 Å². The molecular weight excluding hydrogens is 496 g/mol. The second-order valence-electron chi connectivity index (χ2n) is 10.1. The number of carboxylic acid groups (broad SMARTS) is 1. The summed E-state index contributed by atoms with van der Waals surface area (Å²) in [7, 11) is 0. The van der Waals surface area contributed by atoms with Crippen LogP contribution in [-0.4, -0.2) is 67.8 Å². The van der Waals surface area contributed by atoms with Crippen molar-refractivity contribution in [1.29, 1.82) is 0 Å². The lowest BCUT2D eigenvalue weighted by molar-refractivity contribution is -0.142. The minimum atomic E-state index is -1.27. The number of ketones is 1. The van der Waals surface area contributed by atoms with Crippen LogP contribution in [0.5, 0.6) is 0 Å². The smallest absolute Gasteiger partial charge is 0.328 e. The number of carboxylic acids is 1. The molecule has 2 rings (SSSR count). The fourth-order valence-electron chi connectivity index (χ4n) is 4.24. The van der Waals surface area contributed by atoms with Crippen molar-refractivity contribution in [2.24, 2.45) is 11.7 Å². The van der Waals surface area contributed by atoms with Crippen LogP contribution in [0.2, 0.25) is 0 Å². The first-order chi connectivity index (χ1) is 17.5. The van der Waals surface area contributed by atoms with E-state index in [1.54, 1.807) is 6.20 Å². The average molecular weight is 537 g/mol. The van der Waals surface area contributed by atoms with Gasteiger partial charge in [0.15, 0.2) is 5.78 Å². The van der Waals surface area contributed by atoms with E-state index in [0.29, 0.717) is 25.1 Å². The van der Waals surface area contributed by atoms with Gasteiger partial charge in [0.2, 0.25) is 11.8 Å². The number of carbonyl (C=O) groups is 4. The van der Waals surface area contributed by atoms with Gasteiger partial charge in [-0.3, -0.25) is 14.4 Å². The number of nitrogens with one attached hydrogen (secondary N) is 4. The molecule has 0 aliphatic heterocycles. The number of aliphatic carboxylic acids is 1. The minimum Gasteiger partial charge on any atom is -0.480 e. The van der Waals surface area contributed by atoms with E-state index in [1.165, 1.54) is 20.2 Å². The minimum absolute atomic E-state index is 0.00315. The van der Waals surface area contributed by atoms with Crippen LogP contribution in [0.1, 0.15) is 77.3 Å². The van der Waals surface area contributed by atoms with Gasteiger partial charge in [-0.2, -0.15) is 0 Å². The zero-order valence-corrected chi connectivity index (χ0v) is 22.5. The Labute approximate surface area is 223 Å². The first kappa shape index (κ1) is 30.4. The molecule has 0 radical (unpaired) electrons. The van der Waals surface area contributed by atoms with Crippen LogP contribution in [0.3, 0.4) is 0 Å². The molecule has 1 aliphatic rings. The second kappa shape index (κ2) is 14.8. The van der Waals surface area contributed by atoms with E-state index in [4.69, 9.17) is 18.0 Å². The summed E-state index contributed by atoms with van der Waals surface area (Å²) in [5.41, 5.74) is 4.94. The Morgan fingerprint density at radius 2 is 1.86 bits per heavy atom. The molecule has 1 aliphatic carbocycles. The van der Waals surface area contributed by atoms with E-state index in [0.717, 1.165) is 32.1 Å². The van der Waals surface area contributed by atoms with Crippen LogP contribution < -0.4 is 21.7 Å². The quantitative estimate of drug-likeness (QED) is 0.134. The first-order valence-electron chi connectivity index (χ1n) is 12.9. The van der Waals surface area contributed by atoms with Crippen molar-refractivity contribution in [3.63, 3.8) is 0 Å². The fraction of sp³-hybridized carbons (Fsp3) is 0.680. The number of thiocarbonyl (C=S) groups is 1. The molecule has 2 atom stereocenters. The number of rotatable bonds is 16. The lowest BCUT2D eigenvalue weighted by atomic mass is 10.00. The van der Waals surface area contributed by atoms with Gasteiger partial charge in [0.1, 0.15) is 11.6 Å². The lowest BCUT2D eigenvalue weighted by Gasteiger charge is -2.25. The molecule has 37 heavy (non-hydrogen) atoms. The molecule has 11 nitrogen and oxygen atoms in total. The van der Waals surface area contributed by atoms with Crippen LogP contribution >= 0.6 is 12.2 Å². The standard InChI is InChI=1S/C25H40N6O5S/c1-25(2,24(35)36)31-21(37)11-10-20(32)19(13-17-14-27-15-28-17)30-23(34)18(9-5-6-12-26)29-22(33)16-7-3-4-8-16/h14-16,18-19H,3-13,26H2,1-2H3,(H,27,28)(H,29,33)(H,30,34)(H,31,37)(H,35,36)/t18-,19?/m0/s1. The molecule has 1 heterocycles. The number of H-pyrrole nitrogens is 1. The molecule has 12 heteroatoms. The highest BCUT2D eigenvalue weighted by Gasteiger charge is 2.31. The Morgan fingerprint density at radius 1 is 1.16 bits per heavy atom. The summed E-state index contributed by atoms with van der Waals surface area (Å²) in [5, 5.41) is 17.7. The number of unbranched alkanes of at least 4 members (excludes halogenated alkanes) is 1. The van der Waals surface area contributed by atoms with E-state index >= 15 is 0 Å². The molecule has 0 saturated heterocycles. The number of aromatic nitrogens is 2. The molecule has 1 fully saturated rings. The fourth-order valence-corrected chi connectivity index (χ4v) is 4.60. The number of hydrogen-bond donors (Lipinski definition) is 6. The predicted molar refractivity (Wildman–Crippen MR) is 143 cm³/mol. The zero-order valence-electron chi connectivity index (χ0n) is 21.7. The molecule has 2 amide bonds. The third-order valence-corrected chi connectivity index (χ3v) is 6.87. The lowest BCUT2D eigenvalue weighted by Crippen LogP contribution is -2.53. The maximum Gasteiger partial charge on any atom is 0.328 e. The highest BCUT2D eigenvalue weighted by molar-refractivity contribution is 7.80. The van der Waals surface area contributed by atoms with E-state index in [-0.39, 0.29) is 41.9 Å². The van der Waals surface area contributed by atoms with Crippen molar-refractivity contribution in [1.82, 2.24) is 25.9 Å². The number of nitrogens with two attached hydrogens (primary N) is 1. The van der Waals surface area contributed by atoms with Crippen molar-refractivity contribution in [2.45, 2.75) is 95.7 Å². The van der Waals surface area contributed by atoms with Crippen molar-refractivity contribution >= 4 is 40.8 Å². The third-order valence-electron chi connectivity index (χ3n) is 6.56. The summed E-state index contributed by atoms with van der Waals surface area (Å²) in [4.78, 5) is 57.8. The Balaban J connectivity index is 2.07. The summed E-state index contributed by atoms with van der Waals surface area (Å²) in [6.45, 7) is 3.45. The van der Waals surface area contributed by atoms with Crippen molar-refractivity contribution in [3.8, 4) is 0 Å². The van der Waals surface area contributed by atoms with Crippen LogP contribution in [-0.2, 0) is 25.6 Å². The second-order valence-corrected chi connectivity index (χ2v) is 10.6. The van der Waals surface area contributed by atoms with Crippen molar-refractivity contribution in [2.75, 3.05) is 6.54 Å². The normalized spacial score (nSPS) is 15.5. The Bertz CT molecular complexity index is 930. The highest BCUT2D eigenvalue weighted by atomic mass is 32.1. The van der Waals surface area contributed by atoms with Gasteiger partial charge in [-0.15, -0.1) is 0 Å². The Morgan fingerprint density at radius 3 is 2.46 bits per heavy atom. The van der Waals surface area contributed by atoms with Crippen molar-refractivity contribution in [3.05, 3.63) is 18.2 Å². The summed E-state index contributed by atoms with van der Waals surface area (Å²) in [5.74, 6) is -1.97. The molecule has 206 valence electrons. The molecule has 0 aromatic carbocycles. The maximum atomic E-state index is 13.3. The summed E-state index contributed by atoms with van der Waals surface area (Å²) >= 11 is 5.24. The molecule has 1 aromatic heterocycles. The van der Waals surface area contributed by atoms with E-state index in [2.05, 4.69) is 25.9 Å². The Hall–Kier alpha value is -2.86. The first-order valence-corrected chi connectivity index (χ1v) is 13.3. The van der Waals surface area contributed by atoms with Gasteiger partial charge in [-0.25, -0.2) is 9.78 Å². The van der Waals surface area contributed by atoms with Crippen LogP contribution in [0.4, 0.5) is 0 Å². The van der Waals surface area contributed by atoms with E-state index in [1.807, 2.05) is 0 Å². The topological polar surface area (TPSA) is 179 Å². The molecular formula is C25H40N6O5S. The molecule has 1 unspecified atom stereocenters. The Kier molecular flexibility index (Phi) is 12.1. The SMILES string of the molecule is CC(C)(NC(=S)CCC(=O)C(Cc1c[nH]cn1)NC(=O)[C@H](CCCCN)NC(=O)C1CCCC1)C(=O)O. The highest BCUT2D eigenvalue weighted by Crippen LogP contribution is 2.25. The average Bonchev–Trinajstić information content (AvgIpc) is 3.55. The molecule has 0 bridgehead atoms. The number of imidazole rings is 1. The summed E-state index contributed by atoms with van der Waals surface area (Å²) in [6, 6.07) is -1.65. The van der Waals surface area contributed by atoms with Crippen LogP contribution in [0, 0.1) is 5.92 Å². The van der Waals surface area contributed by atoms with Gasteiger partial charge in [-0.1, -0.05) is 25.1 Å². The number of carbonyl (C=O) groups excluding carboxylic acids is 3. The molecule has 1 aromatic rings. The van der Waals surface area contributed by atoms with Crippen LogP contribution in [0.15, 0.2) is 12.5 Å². The summed E-state index contributed by atoms with van der Waals surface area (Å²) in [6.07, 6.45) is 8.88. The maximum absolute atomic E-state index is 13.3. The van der Waals surface area contributed by atoms with E-state index < -0.39 is 29.5 Å². The molecule has 0 spiro atoms. The van der Waals surface area contributed by atoms with E-state index in [9.17, 15) is 24.3 Å². The van der Waals surface area contributed by atoms with Gasteiger partial charge in [0, 0.05) is 31.4 Å². The number of aromatic amines is 1. The molecule has 7 N–H and O–H groups in total. The zero-order chi connectivity index (χ0) is 27.4. The van der Waals surface area contributed by atoms with Gasteiger partial charge in [-0.05, 0) is 52.5 Å². The van der Waals surface area contributed by atoms with Gasteiger partial charge >= 0.3 is 5.97 Å². The molecule has 1 saturated carbocycles. The number of hydrogen-bond acceptors (Lipinski definition) is 7. The van der Waals surface area contributed by atoms with Gasteiger partial charge in [0.05, 0.1) is 23.1 Å².